The molecule has 0 saturated heterocycles. The lowest BCUT2D eigenvalue weighted by molar-refractivity contribution is 0.415. The van der Waals surface area contributed by atoms with Crippen LogP contribution < -0.4 is 9.64 Å². The Labute approximate surface area is 174 Å². The van der Waals surface area contributed by atoms with Crippen LogP contribution in [-0.2, 0) is 6.54 Å². The van der Waals surface area contributed by atoms with Crippen molar-refractivity contribution in [3.63, 3.8) is 0 Å². The molecule has 0 N–H and O–H groups in total. The van der Waals surface area contributed by atoms with Gasteiger partial charge in [0.1, 0.15) is 11.8 Å². The maximum Gasteiger partial charge on any atom is 0.186 e. The van der Waals surface area contributed by atoms with Crippen LogP contribution in [0.2, 0.25) is 0 Å². The molecule has 0 atom stereocenters. The molecule has 4 rings (SSSR count). The molecule has 29 heavy (non-hydrogen) atoms. The maximum atomic E-state index is 9.95. The molecule has 2 aromatic heterocycles. The number of benzene rings is 2. The van der Waals surface area contributed by atoms with Crippen molar-refractivity contribution in [1.29, 1.82) is 5.26 Å². The first-order chi connectivity index (χ1) is 14.1. The fourth-order valence-corrected chi connectivity index (χ4v) is 4.96. The Morgan fingerprint density at radius 2 is 1.93 bits per heavy atom. The highest BCUT2D eigenvalue weighted by Gasteiger charge is 2.19. The molecule has 0 aliphatic carbocycles. The summed E-state index contributed by atoms with van der Waals surface area (Å²) in [4.78, 5) is 7.13. The number of ether oxygens (including phenoxy) is 1. The van der Waals surface area contributed by atoms with E-state index in [1.54, 1.807) is 18.4 Å². The van der Waals surface area contributed by atoms with E-state index >= 15 is 0 Å². The minimum atomic E-state index is 0.697. The summed E-state index contributed by atoms with van der Waals surface area (Å²) in [6.45, 7) is 9.04. The summed E-state index contributed by atoms with van der Waals surface area (Å²) in [6.07, 6.45) is 0. The first-order valence-corrected chi connectivity index (χ1v) is 10.7. The van der Waals surface area contributed by atoms with Crippen LogP contribution in [0.3, 0.4) is 0 Å². The van der Waals surface area contributed by atoms with E-state index in [1.165, 1.54) is 0 Å². The molecule has 2 aromatic carbocycles. The van der Waals surface area contributed by atoms with Crippen LogP contribution in [0.5, 0.6) is 5.75 Å². The van der Waals surface area contributed by atoms with Gasteiger partial charge in [-0.15, -0.1) is 0 Å². The summed E-state index contributed by atoms with van der Waals surface area (Å²) in [6, 6.07) is 14.6. The average molecular weight is 405 g/mol. The standard InChI is InChI=1S/C23H24N4OS/c1-5-26(6-2)23-25-19-12-15(8-11-21(19)29-23)22-18(14-24)17-10-9-16(28-4)13-20(17)27(22)7-3/h8-13H,5-7H2,1-4H3. The van der Waals surface area contributed by atoms with Gasteiger partial charge in [-0.25, -0.2) is 4.98 Å². The summed E-state index contributed by atoms with van der Waals surface area (Å²) in [5.41, 5.74) is 4.65. The summed E-state index contributed by atoms with van der Waals surface area (Å²) >= 11 is 1.71. The second-order valence-corrected chi connectivity index (χ2v) is 7.82. The topological polar surface area (TPSA) is 54.1 Å². The quantitative estimate of drug-likeness (QED) is 0.416. The van der Waals surface area contributed by atoms with Gasteiger partial charge in [-0.05, 0) is 45.0 Å². The summed E-state index contributed by atoms with van der Waals surface area (Å²) in [7, 11) is 1.66. The Kier molecular flexibility index (Phi) is 5.16. The third-order valence-corrected chi connectivity index (χ3v) is 6.48. The van der Waals surface area contributed by atoms with E-state index in [2.05, 4.69) is 54.5 Å². The molecule has 5 nitrogen and oxygen atoms in total. The molecular weight excluding hydrogens is 380 g/mol. The largest absolute Gasteiger partial charge is 0.497 e. The Morgan fingerprint density at radius 1 is 1.14 bits per heavy atom. The molecule has 0 saturated carbocycles. The highest BCUT2D eigenvalue weighted by atomic mass is 32.1. The number of nitriles is 1. The van der Waals surface area contributed by atoms with E-state index in [4.69, 9.17) is 9.72 Å². The van der Waals surface area contributed by atoms with Gasteiger partial charge in [-0.2, -0.15) is 5.26 Å². The Balaban J connectivity index is 1.94. The average Bonchev–Trinajstić information content (AvgIpc) is 3.31. The zero-order valence-electron chi connectivity index (χ0n) is 17.2. The molecular formula is C23H24N4OS. The van der Waals surface area contributed by atoms with Gasteiger partial charge in [0.05, 0.1) is 34.1 Å². The molecule has 0 aliphatic heterocycles. The van der Waals surface area contributed by atoms with Crippen LogP contribution in [0, 0.1) is 11.3 Å². The number of fused-ring (bicyclic) bond motifs is 2. The van der Waals surface area contributed by atoms with Crippen LogP contribution in [0.15, 0.2) is 36.4 Å². The van der Waals surface area contributed by atoms with Gasteiger partial charge in [0, 0.05) is 36.7 Å². The number of thiazole rings is 1. The highest BCUT2D eigenvalue weighted by Crippen LogP contribution is 2.37. The third kappa shape index (κ3) is 3.12. The number of methoxy groups -OCH3 is 1. The van der Waals surface area contributed by atoms with E-state index in [0.29, 0.717) is 5.56 Å². The molecule has 6 heteroatoms. The SMILES string of the molecule is CCN(CC)c1nc2cc(-c3c(C#N)c4ccc(OC)cc4n3CC)ccc2s1. The lowest BCUT2D eigenvalue weighted by Crippen LogP contribution is -2.21. The normalized spacial score (nSPS) is 11.1. The molecule has 0 amide bonds. The molecule has 4 aromatic rings. The molecule has 0 unspecified atom stereocenters. The second kappa shape index (κ2) is 7.76. The summed E-state index contributed by atoms with van der Waals surface area (Å²) in [5, 5.41) is 11.9. The molecule has 2 heterocycles. The molecule has 0 spiro atoms. The lowest BCUT2D eigenvalue weighted by atomic mass is 10.1. The fourth-order valence-electron chi connectivity index (χ4n) is 3.89. The first kappa shape index (κ1) is 19.3. The molecule has 0 bridgehead atoms. The van der Waals surface area contributed by atoms with Gasteiger partial charge >= 0.3 is 0 Å². The number of rotatable bonds is 6. The predicted molar refractivity (Wildman–Crippen MR) is 121 cm³/mol. The Morgan fingerprint density at radius 3 is 2.59 bits per heavy atom. The lowest BCUT2D eigenvalue weighted by Gasteiger charge is -2.16. The van der Waals surface area contributed by atoms with Crippen molar-refractivity contribution < 1.29 is 4.74 Å². The van der Waals surface area contributed by atoms with Crippen LogP contribution in [0.4, 0.5) is 5.13 Å². The van der Waals surface area contributed by atoms with Gasteiger partial charge in [0.25, 0.3) is 0 Å². The number of hydrogen-bond acceptors (Lipinski definition) is 5. The van der Waals surface area contributed by atoms with Gasteiger partial charge in [-0.1, -0.05) is 17.4 Å². The zero-order valence-corrected chi connectivity index (χ0v) is 18.0. The van der Waals surface area contributed by atoms with E-state index in [1.807, 2.05) is 18.2 Å². The van der Waals surface area contributed by atoms with Crippen molar-refractivity contribution >= 4 is 37.6 Å². The van der Waals surface area contributed by atoms with Crippen molar-refractivity contribution in [2.24, 2.45) is 0 Å². The second-order valence-electron chi connectivity index (χ2n) is 6.81. The van der Waals surface area contributed by atoms with Crippen LogP contribution >= 0.6 is 11.3 Å². The van der Waals surface area contributed by atoms with E-state index in [-0.39, 0.29) is 0 Å². The number of aromatic nitrogens is 2. The van der Waals surface area contributed by atoms with Crippen LogP contribution in [0.1, 0.15) is 26.3 Å². The van der Waals surface area contributed by atoms with Gasteiger partial charge < -0.3 is 14.2 Å². The molecule has 0 radical (unpaired) electrons. The van der Waals surface area contributed by atoms with Gasteiger partial charge in [0.15, 0.2) is 5.13 Å². The number of anilines is 1. The maximum absolute atomic E-state index is 9.95. The minimum Gasteiger partial charge on any atom is -0.497 e. The summed E-state index contributed by atoms with van der Waals surface area (Å²) < 4.78 is 8.76. The number of aryl methyl sites for hydroxylation is 1. The van der Waals surface area contributed by atoms with Crippen LogP contribution in [0.25, 0.3) is 32.4 Å². The molecule has 0 aliphatic rings. The van der Waals surface area contributed by atoms with Crippen molar-refractivity contribution in [3.8, 4) is 23.1 Å². The van der Waals surface area contributed by atoms with Crippen LogP contribution in [-0.4, -0.2) is 29.8 Å². The summed E-state index contributed by atoms with van der Waals surface area (Å²) in [5.74, 6) is 0.791. The third-order valence-electron chi connectivity index (χ3n) is 5.38. The van der Waals surface area contributed by atoms with Gasteiger partial charge in [-0.3, -0.25) is 0 Å². The fraction of sp³-hybridized carbons (Fsp3) is 0.304. The molecule has 0 fully saturated rings. The number of hydrogen-bond donors (Lipinski definition) is 0. The Hall–Kier alpha value is -3.04. The zero-order chi connectivity index (χ0) is 20.5. The smallest absolute Gasteiger partial charge is 0.186 e. The van der Waals surface area contributed by atoms with Crippen molar-refractivity contribution in [2.75, 3.05) is 25.1 Å². The monoisotopic (exact) mass is 404 g/mol. The first-order valence-electron chi connectivity index (χ1n) is 9.91. The number of nitrogens with zero attached hydrogens (tertiary/aromatic N) is 4. The van der Waals surface area contributed by atoms with E-state index in [0.717, 1.165) is 62.9 Å². The van der Waals surface area contributed by atoms with E-state index < -0.39 is 0 Å². The Bertz CT molecular complexity index is 1230. The van der Waals surface area contributed by atoms with Crippen molar-refractivity contribution in [2.45, 2.75) is 27.3 Å². The van der Waals surface area contributed by atoms with Crippen molar-refractivity contribution in [3.05, 3.63) is 42.0 Å². The highest BCUT2D eigenvalue weighted by molar-refractivity contribution is 7.22. The predicted octanol–water partition coefficient (Wildman–Crippen LogP) is 5.66. The van der Waals surface area contributed by atoms with Gasteiger partial charge in [0.2, 0.25) is 0 Å². The van der Waals surface area contributed by atoms with E-state index in [9.17, 15) is 5.26 Å². The molecule has 148 valence electrons. The minimum absolute atomic E-state index is 0.697. The van der Waals surface area contributed by atoms with Crippen molar-refractivity contribution in [1.82, 2.24) is 9.55 Å².